The van der Waals surface area contributed by atoms with Gasteiger partial charge in [0.05, 0.1) is 19.6 Å². The number of rotatable bonds is 13. The molecule has 186 valence electrons. The predicted molar refractivity (Wildman–Crippen MR) is 139 cm³/mol. The van der Waals surface area contributed by atoms with Crippen molar-refractivity contribution in [2.24, 2.45) is 5.92 Å². The number of ether oxygens (including phenoxy) is 1. The fourth-order valence-corrected chi connectivity index (χ4v) is 5.86. The van der Waals surface area contributed by atoms with E-state index in [2.05, 4.69) is 81.6 Å². The second kappa shape index (κ2) is 12.3. The molecule has 0 aliphatic carbocycles. The molecular formula is C25H54O4Si2. The molecule has 0 aromatic carbocycles. The number of hydrogen-bond acceptors (Lipinski definition) is 4. The maximum Gasteiger partial charge on any atom is 0.308 e. The summed E-state index contributed by atoms with van der Waals surface area (Å²) < 4.78 is 18.5. The molecule has 0 bridgehead atoms. The van der Waals surface area contributed by atoms with E-state index in [9.17, 15) is 4.79 Å². The van der Waals surface area contributed by atoms with Gasteiger partial charge in [-0.25, -0.2) is 0 Å². The van der Waals surface area contributed by atoms with Crippen LogP contribution in [0.4, 0.5) is 0 Å². The highest BCUT2D eigenvalue weighted by atomic mass is 28.4. The summed E-state index contributed by atoms with van der Waals surface area (Å²) in [5.41, 5.74) is 0. The quantitative estimate of drug-likeness (QED) is 0.201. The van der Waals surface area contributed by atoms with Crippen LogP contribution in [0.15, 0.2) is 0 Å². The Kier molecular flexibility index (Phi) is 12.3. The Morgan fingerprint density at radius 1 is 0.742 bits per heavy atom. The lowest BCUT2D eigenvalue weighted by atomic mass is 10.0. The maximum absolute atomic E-state index is 12.1. The molecule has 0 aromatic heterocycles. The second-order valence-electron chi connectivity index (χ2n) is 12.7. The molecule has 6 heteroatoms. The summed E-state index contributed by atoms with van der Waals surface area (Å²) in [6.07, 6.45) is 5.69. The summed E-state index contributed by atoms with van der Waals surface area (Å²) >= 11 is 0. The molecule has 31 heavy (non-hydrogen) atoms. The first kappa shape index (κ1) is 30.8. The Labute approximate surface area is 196 Å². The number of methoxy groups -OCH3 is 1. The van der Waals surface area contributed by atoms with Gasteiger partial charge in [-0.1, -0.05) is 68.2 Å². The summed E-state index contributed by atoms with van der Waals surface area (Å²) in [7, 11) is -2.37. The van der Waals surface area contributed by atoms with Crippen molar-refractivity contribution >= 4 is 22.6 Å². The summed E-state index contributed by atoms with van der Waals surface area (Å²) in [5, 5.41) is 0.294. The number of carbonyl (C=O) groups is 1. The Balaban J connectivity index is 5.40. The molecule has 0 amide bonds. The van der Waals surface area contributed by atoms with Crippen molar-refractivity contribution in [1.82, 2.24) is 0 Å². The first-order valence-corrected chi connectivity index (χ1v) is 18.1. The second-order valence-corrected chi connectivity index (χ2v) is 22.2. The van der Waals surface area contributed by atoms with E-state index >= 15 is 0 Å². The van der Waals surface area contributed by atoms with Gasteiger partial charge in [-0.15, -0.1) is 0 Å². The average Bonchev–Trinajstić information content (AvgIpc) is 2.56. The van der Waals surface area contributed by atoms with Crippen LogP contribution in [0, 0.1) is 5.92 Å². The Bertz CT molecular complexity index is 531. The van der Waals surface area contributed by atoms with Crippen molar-refractivity contribution in [2.45, 2.75) is 142 Å². The van der Waals surface area contributed by atoms with Crippen molar-refractivity contribution in [2.75, 3.05) is 7.11 Å². The van der Waals surface area contributed by atoms with E-state index in [-0.39, 0.29) is 28.3 Å². The fraction of sp³-hybridized carbons (Fsp3) is 0.960. The van der Waals surface area contributed by atoms with Gasteiger partial charge in [0.1, 0.15) is 0 Å². The molecule has 0 rings (SSSR count). The molecule has 0 saturated heterocycles. The van der Waals surface area contributed by atoms with Gasteiger partial charge in [0.15, 0.2) is 16.6 Å². The van der Waals surface area contributed by atoms with E-state index in [4.69, 9.17) is 13.6 Å². The van der Waals surface area contributed by atoms with Crippen molar-refractivity contribution in [3.8, 4) is 0 Å². The lowest BCUT2D eigenvalue weighted by Gasteiger charge is -2.41. The zero-order valence-electron chi connectivity index (χ0n) is 23.1. The van der Waals surface area contributed by atoms with Crippen molar-refractivity contribution < 1.29 is 18.4 Å². The summed E-state index contributed by atoms with van der Waals surface area (Å²) in [4.78, 5) is 12.1. The highest BCUT2D eigenvalue weighted by Gasteiger charge is 2.41. The van der Waals surface area contributed by atoms with Crippen LogP contribution in [-0.4, -0.2) is 41.9 Å². The largest absolute Gasteiger partial charge is 0.469 e. The minimum Gasteiger partial charge on any atom is -0.469 e. The normalized spacial score (nSPS) is 15.8. The van der Waals surface area contributed by atoms with Crippen LogP contribution in [0.1, 0.15) is 93.9 Å². The summed E-state index contributed by atoms with van der Waals surface area (Å²) in [5.74, 6) is 0.521. The smallest absolute Gasteiger partial charge is 0.308 e. The highest BCUT2D eigenvalue weighted by molar-refractivity contribution is 6.74. The van der Waals surface area contributed by atoms with Crippen LogP contribution in [0.3, 0.4) is 0 Å². The van der Waals surface area contributed by atoms with Crippen LogP contribution >= 0.6 is 0 Å². The van der Waals surface area contributed by atoms with E-state index in [1.54, 1.807) is 0 Å². The lowest BCUT2D eigenvalue weighted by molar-refractivity contribution is -0.142. The van der Waals surface area contributed by atoms with E-state index < -0.39 is 16.6 Å². The Morgan fingerprint density at radius 3 is 1.55 bits per heavy atom. The van der Waals surface area contributed by atoms with Crippen LogP contribution in [0.25, 0.3) is 0 Å². The third kappa shape index (κ3) is 11.5. The van der Waals surface area contributed by atoms with Gasteiger partial charge in [-0.3, -0.25) is 4.79 Å². The molecule has 0 aliphatic heterocycles. The van der Waals surface area contributed by atoms with Crippen LogP contribution in [0.2, 0.25) is 36.3 Å². The molecule has 0 unspecified atom stereocenters. The molecular weight excluding hydrogens is 420 g/mol. The number of carbonyl (C=O) groups excluding carboxylic acids is 1. The van der Waals surface area contributed by atoms with Gasteiger partial charge in [-0.2, -0.15) is 0 Å². The molecule has 2 atom stereocenters. The molecule has 0 aromatic rings. The minimum atomic E-state index is -1.98. The standard InChI is InChI=1S/C25H54O4Si2/c1-20(2)15-14-16-21(28-30(10,11)24(3,4)5)17-18-22(19-23(26)27-9)29-31(12,13)25(6,7)8/h20-22H,14-19H2,1-13H3/t21-,22+/m1/s1. The van der Waals surface area contributed by atoms with Gasteiger partial charge >= 0.3 is 5.97 Å². The fourth-order valence-electron chi connectivity index (χ4n) is 3.05. The molecule has 0 saturated carbocycles. The zero-order valence-corrected chi connectivity index (χ0v) is 25.1. The van der Waals surface area contributed by atoms with Gasteiger partial charge < -0.3 is 13.6 Å². The van der Waals surface area contributed by atoms with Gasteiger partial charge in [-0.05, 0) is 61.4 Å². The third-order valence-electron chi connectivity index (χ3n) is 7.28. The molecule has 0 N–H and O–H groups in total. The molecule has 0 radical (unpaired) electrons. The highest BCUT2D eigenvalue weighted by Crippen LogP contribution is 2.40. The third-order valence-corrected chi connectivity index (χ3v) is 16.3. The molecule has 0 heterocycles. The van der Waals surface area contributed by atoms with E-state index in [1.807, 2.05) is 0 Å². The maximum atomic E-state index is 12.1. The van der Waals surface area contributed by atoms with Gasteiger partial charge in [0.2, 0.25) is 0 Å². The SMILES string of the molecule is COC(=O)C[C@H](CC[C@@H](CCCC(C)C)O[Si](C)(C)C(C)(C)C)O[Si](C)(C)C(C)(C)C. The van der Waals surface area contributed by atoms with Crippen LogP contribution < -0.4 is 0 Å². The van der Waals surface area contributed by atoms with Crippen molar-refractivity contribution in [3.05, 3.63) is 0 Å². The van der Waals surface area contributed by atoms with Crippen molar-refractivity contribution in [3.63, 3.8) is 0 Å². The lowest BCUT2D eigenvalue weighted by Crippen LogP contribution is -2.45. The van der Waals surface area contributed by atoms with Crippen LogP contribution in [-0.2, 0) is 18.4 Å². The number of esters is 1. The van der Waals surface area contributed by atoms with E-state index in [1.165, 1.54) is 20.0 Å². The summed E-state index contributed by atoms with van der Waals surface area (Å²) in [6, 6.07) is 0. The van der Waals surface area contributed by atoms with Crippen molar-refractivity contribution in [1.29, 1.82) is 0 Å². The molecule has 0 aliphatic rings. The Morgan fingerprint density at radius 2 is 1.16 bits per heavy atom. The molecule has 0 spiro atoms. The first-order chi connectivity index (χ1) is 13.8. The van der Waals surface area contributed by atoms with E-state index in [0.29, 0.717) is 12.3 Å². The average molecular weight is 475 g/mol. The van der Waals surface area contributed by atoms with Crippen LogP contribution in [0.5, 0.6) is 0 Å². The first-order valence-electron chi connectivity index (χ1n) is 12.2. The summed E-state index contributed by atoms with van der Waals surface area (Å²) in [6.45, 7) is 27.3. The predicted octanol–water partition coefficient (Wildman–Crippen LogP) is 7.94. The zero-order chi connectivity index (χ0) is 24.7. The van der Waals surface area contributed by atoms with Gasteiger partial charge in [0.25, 0.3) is 0 Å². The number of hydrogen-bond donors (Lipinski definition) is 0. The Hall–Kier alpha value is -0.176. The molecule has 4 nitrogen and oxygen atoms in total. The molecule has 0 fully saturated rings. The monoisotopic (exact) mass is 474 g/mol. The van der Waals surface area contributed by atoms with E-state index in [0.717, 1.165) is 19.3 Å². The topological polar surface area (TPSA) is 44.8 Å². The van der Waals surface area contributed by atoms with Gasteiger partial charge in [0, 0.05) is 6.10 Å². The minimum absolute atomic E-state index is 0.107.